The lowest BCUT2D eigenvalue weighted by atomic mass is 9.74. The third-order valence-electron chi connectivity index (χ3n) is 3.19. The predicted molar refractivity (Wildman–Crippen MR) is 52.9 cm³/mol. The van der Waals surface area contributed by atoms with Gasteiger partial charge in [0.1, 0.15) is 5.78 Å². The lowest BCUT2D eigenvalue weighted by Gasteiger charge is -2.29. The molecule has 0 heterocycles. The molecule has 1 N–H and O–H groups in total. The number of Topliss-reactive ketones (excluding diaryl/α,β-unsaturated/α-hetero) is 1. The number of carboxylic acids is 1. The zero-order chi connectivity index (χ0) is 10.7. The van der Waals surface area contributed by atoms with Gasteiger partial charge in [-0.05, 0) is 18.8 Å². The number of ketones is 1. The molecule has 0 saturated heterocycles. The number of aliphatic carboxylic acids is 1. The molecule has 0 radical (unpaired) electrons. The summed E-state index contributed by atoms with van der Waals surface area (Å²) in [4.78, 5) is 22.3. The van der Waals surface area contributed by atoms with Crippen LogP contribution in [0.25, 0.3) is 0 Å². The van der Waals surface area contributed by atoms with E-state index in [4.69, 9.17) is 5.11 Å². The smallest absolute Gasteiger partial charge is 0.303 e. The van der Waals surface area contributed by atoms with Crippen LogP contribution < -0.4 is 0 Å². The second kappa shape index (κ2) is 4.58. The van der Waals surface area contributed by atoms with E-state index in [2.05, 4.69) is 0 Å². The molecule has 14 heavy (non-hydrogen) atoms. The van der Waals surface area contributed by atoms with E-state index in [1.54, 1.807) is 0 Å². The zero-order valence-corrected chi connectivity index (χ0v) is 8.82. The normalized spacial score (nSPS) is 30.0. The van der Waals surface area contributed by atoms with E-state index in [0.29, 0.717) is 0 Å². The maximum atomic E-state index is 11.8. The summed E-state index contributed by atoms with van der Waals surface area (Å²) in [5.41, 5.74) is 0. The summed E-state index contributed by atoms with van der Waals surface area (Å²) in [6.45, 7) is 3.82. The van der Waals surface area contributed by atoms with Crippen molar-refractivity contribution in [3.05, 3.63) is 0 Å². The van der Waals surface area contributed by atoms with Gasteiger partial charge in [-0.25, -0.2) is 0 Å². The summed E-state index contributed by atoms with van der Waals surface area (Å²) < 4.78 is 0. The van der Waals surface area contributed by atoms with Crippen molar-refractivity contribution in [2.45, 2.75) is 39.5 Å². The zero-order valence-electron chi connectivity index (χ0n) is 8.82. The third-order valence-corrected chi connectivity index (χ3v) is 3.19. The molecule has 3 unspecified atom stereocenters. The van der Waals surface area contributed by atoms with Crippen LogP contribution in [0.4, 0.5) is 0 Å². The summed E-state index contributed by atoms with van der Waals surface area (Å²) in [5.74, 6) is -0.434. The van der Waals surface area contributed by atoms with Crippen molar-refractivity contribution in [3.63, 3.8) is 0 Å². The minimum Gasteiger partial charge on any atom is -0.481 e. The van der Waals surface area contributed by atoms with Crippen molar-refractivity contribution >= 4 is 11.8 Å². The fourth-order valence-electron chi connectivity index (χ4n) is 2.28. The standard InChI is InChI=1S/C11H18O3/c1-7-4-3-5-9(11(7)14)8(2)6-10(12)13/h7-9H,3-6H2,1-2H3,(H,12,13). The Kier molecular flexibility index (Phi) is 3.67. The second-order valence-corrected chi connectivity index (χ2v) is 4.42. The molecule has 3 heteroatoms. The molecule has 0 aromatic rings. The van der Waals surface area contributed by atoms with Crippen molar-refractivity contribution in [2.75, 3.05) is 0 Å². The van der Waals surface area contributed by atoms with Crippen molar-refractivity contribution in [2.24, 2.45) is 17.8 Å². The summed E-state index contributed by atoms with van der Waals surface area (Å²) in [7, 11) is 0. The van der Waals surface area contributed by atoms with Gasteiger partial charge in [-0.2, -0.15) is 0 Å². The Balaban J connectivity index is 2.57. The van der Waals surface area contributed by atoms with Crippen LogP contribution in [0, 0.1) is 17.8 Å². The molecule has 0 bridgehead atoms. The van der Waals surface area contributed by atoms with Crippen molar-refractivity contribution in [3.8, 4) is 0 Å². The van der Waals surface area contributed by atoms with E-state index in [0.717, 1.165) is 19.3 Å². The number of hydrogen-bond donors (Lipinski definition) is 1. The second-order valence-electron chi connectivity index (χ2n) is 4.42. The van der Waals surface area contributed by atoms with Gasteiger partial charge >= 0.3 is 5.97 Å². The van der Waals surface area contributed by atoms with E-state index in [1.165, 1.54) is 0 Å². The Morgan fingerprint density at radius 2 is 2.21 bits per heavy atom. The molecule has 1 aliphatic rings. The van der Waals surface area contributed by atoms with Crippen LogP contribution in [-0.4, -0.2) is 16.9 Å². The van der Waals surface area contributed by atoms with Crippen LogP contribution in [0.5, 0.6) is 0 Å². The quantitative estimate of drug-likeness (QED) is 0.755. The molecule has 0 aliphatic heterocycles. The van der Waals surface area contributed by atoms with Gasteiger partial charge in [0.05, 0.1) is 0 Å². The molecule has 0 amide bonds. The van der Waals surface area contributed by atoms with Gasteiger partial charge in [0, 0.05) is 18.3 Å². The van der Waals surface area contributed by atoms with Gasteiger partial charge in [0.2, 0.25) is 0 Å². The lowest BCUT2D eigenvalue weighted by molar-refractivity contribution is -0.139. The first kappa shape index (κ1) is 11.2. The van der Waals surface area contributed by atoms with Crippen molar-refractivity contribution in [1.82, 2.24) is 0 Å². The molecule has 0 aromatic heterocycles. The molecular weight excluding hydrogens is 180 g/mol. The highest BCUT2D eigenvalue weighted by atomic mass is 16.4. The van der Waals surface area contributed by atoms with Crippen LogP contribution in [0.15, 0.2) is 0 Å². The van der Waals surface area contributed by atoms with E-state index in [1.807, 2.05) is 13.8 Å². The molecule has 80 valence electrons. The molecule has 1 saturated carbocycles. The maximum Gasteiger partial charge on any atom is 0.303 e. The number of hydrogen-bond acceptors (Lipinski definition) is 2. The van der Waals surface area contributed by atoms with Crippen molar-refractivity contribution < 1.29 is 14.7 Å². The number of rotatable bonds is 3. The predicted octanol–water partition coefficient (Wildman–Crippen LogP) is 2.10. The molecule has 0 aromatic carbocycles. The van der Waals surface area contributed by atoms with E-state index < -0.39 is 5.97 Å². The summed E-state index contributed by atoms with van der Waals surface area (Å²) >= 11 is 0. The molecule has 1 rings (SSSR count). The SMILES string of the molecule is CC1CCCC(C(C)CC(=O)O)C1=O. The number of carbonyl (C=O) groups is 2. The monoisotopic (exact) mass is 198 g/mol. The Bertz CT molecular complexity index is 235. The number of carboxylic acid groups (broad SMARTS) is 1. The van der Waals surface area contributed by atoms with Crippen LogP contribution in [0.1, 0.15) is 39.5 Å². The molecule has 3 atom stereocenters. The average molecular weight is 198 g/mol. The first-order valence-electron chi connectivity index (χ1n) is 5.28. The Labute approximate surface area is 84.5 Å². The van der Waals surface area contributed by atoms with E-state index in [9.17, 15) is 9.59 Å². The highest BCUT2D eigenvalue weighted by Crippen LogP contribution is 2.31. The first-order chi connectivity index (χ1) is 6.52. The third kappa shape index (κ3) is 2.56. The fraction of sp³-hybridized carbons (Fsp3) is 0.818. The molecule has 0 spiro atoms. The fourth-order valence-corrected chi connectivity index (χ4v) is 2.28. The van der Waals surface area contributed by atoms with Crippen LogP contribution >= 0.6 is 0 Å². The van der Waals surface area contributed by atoms with Gasteiger partial charge < -0.3 is 5.11 Å². The van der Waals surface area contributed by atoms with E-state index >= 15 is 0 Å². The molecule has 1 aliphatic carbocycles. The number of carbonyl (C=O) groups excluding carboxylic acids is 1. The van der Waals surface area contributed by atoms with Gasteiger partial charge in [-0.1, -0.05) is 20.3 Å². The Hall–Kier alpha value is -0.860. The Morgan fingerprint density at radius 3 is 2.79 bits per heavy atom. The summed E-state index contributed by atoms with van der Waals surface area (Å²) in [5, 5.41) is 8.66. The van der Waals surface area contributed by atoms with Gasteiger partial charge in [0.25, 0.3) is 0 Å². The van der Waals surface area contributed by atoms with Crippen LogP contribution in [-0.2, 0) is 9.59 Å². The highest BCUT2D eigenvalue weighted by molar-refractivity contribution is 5.84. The first-order valence-corrected chi connectivity index (χ1v) is 5.28. The molecule has 3 nitrogen and oxygen atoms in total. The maximum absolute atomic E-state index is 11.8. The minimum atomic E-state index is -0.802. The van der Waals surface area contributed by atoms with Gasteiger partial charge in [0.15, 0.2) is 0 Å². The topological polar surface area (TPSA) is 54.4 Å². The van der Waals surface area contributed by atoms with Gasteiger partial charge in [-0.15, -0.1) is 0 Å². The van der Waals surface area contributed by atoms with Crippen LogP contribution in [0.2, 0.25) is 0 Å². The summed E-state index contributed by atoms with van der Waals surface area (Å²) in [6, 6.07) is 0. The average Bonchev–Trinajstić information content (AvgIpc) is 2.08. The lowest BCUT2D eigenvalue weighted by Crippen LogP contribution is -2.32. The molecular formula is C11H18O3. The van der Waals surface area contributed by atoms with E-state index in [-0.39, 0.29) is 30.0 Å². The van der Waals surface area contributed by atoms with Crippen LogP contribution in [0.3, 0.4) is 0 Å². The largest absolute Gasteiger partial charge is 0.481 e. The van der Waals surface area contributed by atoms with Gasteiger partial charge in [-0.3, -0.25) is 9.59 Å². The summed E-state index contributed by atoms with van der Waals surface area (Å²) in [6.07, 6.45) is 3.01. The highest BCUT2D eigenvalue weighted by Gasteiger charge is 2.32. The Morgan fingerprint density at radius 1 is 1.57 bits per heavy atom. The minimum absolute atomic E-state index is 0.0113. The van der Waals surface area contributed by atoms with Crippen molar-refractivity contribution in [1.29, 1.82) is 0 Å². The molecule has 1 fully saturated rings.